The predicted molar refractivity (Wildman–Crippen MR) is 196 cm³/mol. The first-order chi connectivity index (χ1) is 24.9. The van der Waals surface area contributed by atoms with Gasteiger partial charge in [-0.3, -0.25) is 14.4 Å². The number of rotatable bonds is 8. The lowest BCUT2D eigenvalue weighted by Gasteiger charge is -2.49. The van der Waals surface area contributed by atoms with Gasteiger partial charge in [0.25, 0.3) is 0 Å². The summed E-state index contributed by atoms with van der Waals surface area (Å²) in [6.07, 6.45) is -10.7. The number of nitrogens with zero attached hydrogens (tertiary/aromatic N) is 1. The molecule has 1 amide bonds. The highest BCUT2D eigenvalue weighted by molar-refractivity contribution is 5.83. The highest BCUT2D eigenvalue weighted by Crippen LogP contribution is 2.41. The molecule has 3 rings (SSSR count). The van der Waals surface area contributed by atoms with Crippen molar-refractivity contribution in [2.45, 2.75) is 193 Å². The van der Waals surface area contributed by atoms with E-state index in [1.807, 2.05) is 0 Å². The number of cyclic esters (lactones) is 1. The molecule has 0 bridgehead atoms. The van der Waals surface area contributed by atoms with Crippen molar-refractivity contribution >= 4 is 17.7 Å². The fourth-order valence-electron chi connectivity index (χ4n) is 8.72. The molecule has 3 heterocycles. The van der Waals surface area contributed by atoms with Crippen molar-refractivity contribution in [2.75, 3.05) is 14.2 Å². The predicted octanol–water partition coefficient (Wildman–Crippen LogP) is 2.09. The van der Waals surface area contributed by atoms with E-state index in [0.717, 1.165) is 0 Å². The molecule has 0 aromatic rings. The fraction of sp³-hybridized carbons (Fsp3) is 0.923. The van der Waals surface area contributed by atoms with E-state index < -0.39 is 120 Å². The van der Waals surface area contributed by atoms with E-state index in [-0.39, 0.29) is 31.6 Å². The van der Waals surface area contributed by atoms with Crippen LogP contribution >= 0.6 is 0 Å². The Hall–Kier alpha value is -1.79. The summed E-state index contributed by atoms with van der Waals surface area (Å²) < 4.78 is 37.1. The van der Waals surface area contributed by atoms with Crippen LogP contribution in [0.2, 0.25) is 0 Å². The first-order valence-electron chi connectivity index (χ1n) is 19.5. The number of aliphatic hydroxyl groups is 5. The van der Waals surface area contributed by atoms with E-state index in [2.05, 4.69) is 0 Å². The second-order valence-electron chi connectivity index (χ2n) is 16.9. The van der Waals surface area contributed by atoms with Crippen LogP contribution in [0, 0.1) is 23.7 Å². The van der Waals surface area contributed by atoms with E-state index in [1.54, 1.807) is 62.4 Å². The summed E-state index contributed by atoms with van der Waals surface area (Å²) in [6.45, 7) is 17.7. The molecule has 15 heteroatoms. The van der Waals surface area contributed by atoms with Crippen LogP contribution in [0.1, 0.15) is 108 Å². The van der Waals surface area contributed by atoms with Gasteiger partial charge in [0.2, 0.25) is 5.91 Å². The third-order valence-corrected chi connectivity index (χ3v) is 12.4. The molecule has 0 aliphatic carbocycles. The van der Waals surface area contributed by atoms with E-state index in [4.69, 9.17) is 28.4 Å². The van der Waals surface area contributed by atoms with Crippen LogP contribution in [-0.4, -0.2) is 147 Å². The lowest BCUT2D eigenvalue weighted by Crippen LogP contribution is -2.61. The first-order valence-corrected chi connectivity index (χ1v) is 19.5. The number of carbonyl (C=O) groups is 3. The number of likely N-dealkylation sites (N-methyl/N-ethyl adjacent to an activating group) is 1. The number of Topliss-reactive ketones (excluding diaryl/α,β-unsaturated/α-hetero) is 1. The molecular weight excluding hydrogens is 706 g/mol. The quantitative estimate of drug-likeness (QED) is 0.224. The maximum Gasteiger partial charge on any atom is 0.311 e. The second-order valence-corrected chi connectivity index (χ2v) is 16.9. The molecular formula is C39H69NO14. The van der Waals surface area contributed by atoms with Gasteiger partial charge < -0.3 is 58.9 Å². The number of amides is 1. The molecule has 3 aliphatic heterocycles. The molecule has 0 aromatic carbocycles. The van der Waals surface area contributed by atoms with Crippen LogP contribution in [0.3, 0.4) is 0 Å². The highest BCUT2D eigenvalue weighted by Gasteiger charge is 2.53. The van der Waals surface area contributed by atoms with Crippen molar-refractivity contribution in [3.8, 4) is 0 Å². The van der Waals surface area contributed by atoms with Crippen LogP contribution in [-0.2, 0) is 42.8 Å². The van der Waals surface area contributed by atoms with Gasteiger partial charge in [-0.05, 0) is 60.8 Å². The SMILES string of the molecule is CCC(=O)N(C)[C@H]1C[C@@H](C)O[C@@H](O[C@@H]2[C@@H](C)C(O[C@H]3C[C@@](C)(OC)[C@@H](O)[C@H](C)O3)[C@@H](C)C(=O)OC(CC)[C@@](C)(O)[C@H](O)[C@@H](C)C(=O)[C@H](C)C[C@@]2(C)O)[C@@H]1O. The zero-order valence-electron chi connectivity index (χ0n) is 34.6. The molecule has 2 unspecified atom stereocenters. The van der Waals surface area contributed by atoms with E-state index in [9.17, 15) is 39.9 Å². The maximum absolute atomic E-state index is 14.1. The minimum atomic E-state index is -2.02. The summed E-state index contributed by atoms with van der Waals surface area (Å²) in [7, 11) is 3.07. The third kappa shape index (κ3) is 9.83. The molecule has 314 valence electrons. The number of esters is 1. The largest absolute Gasteiger partial charge is 0.459 e. The summed E-state index contributed by atoms with van der Waals surface area (Å²) in [5, 5.41) is 58.0. The molecule has 3 fully saturated rings. The summed E-state index contributed by atoms with van der Waals surface area (Å²) in [5.74, 6) is -5.44. The molecule has 18 atom stereocenters. The Bertz CT molecular complexity index is 1280. The fourth-order valence-corrected chi connectivity index (χ4v) is 8.72. The molecule has 15 nitrogen and oxygen atoms in total. The topological polar surface area (TPSA) is 211 Å². The van der Waals surface area contributed by atoms with E-state index in [1.165, 1.54) is 32.8 Å². The number of ether oxygens (including phenoxy) is 6. The summed E-state index contributed by atoms with van der Waals surface area (Å²) >= 11 is 0. The molecule has 5 N–H and O–H groups in total. The molecule has 54 heavy (non-hydrogen) atoms. The van der Waals surface area contributed by atoms with Crippen molar-refractivity contribution in [3.05, 3.63) is 0 Å². The molecule has 3 aliphatic rings. The standard InChI is InChI=1S/C39H69NO14/c1-14-26-39(11,48)32(44)21(5)29(42)19(3)17-37(9,47)34(54-36-30(43)25(16-20(4)50-36)40(12)27(41)15-2)22(6)31(23(7)35(46)52-26)53-28-18-38(10,49-13)33(45)24(8)51-28/h19-26,28,30-34,36,43-45,47-48H,14-18H2,1-13H3/t19-,20-,21+,22+,23-,24+,25+,26?,28+,30-,31?,32-,33+,34-,36+,37-,38-,39-/m1/s1. The third-order valence-electron chi connectivity index (χ3n) is 12.4. The average molecular weight is 776 g/mol. The number of aliphatic hydroxyl groups excluding tert-OH is 3. The second kappa shape index (κ2) is 18.2. The van der Waals surface area contributed by atoms with Crippen LogP contribution in [0.25, 0.3) is 0 Å². The van der Waals surface area contributed by atoms with Gasteiger partial charge in [-0.2, -0.15) is 0 Å². The lowest BCUT2D eigenvalue weighted by molar-refractivity contribution is -0.317. The Morgan fingerprint density at radius 3 is 2.07 bits per heavy atom. The molecule has 0 saturated carbocycles. The Balaban J connectivity index is 2.19. The Labute approximate surface area is 320 Å². The van der Waals surface area contributed by atoms with Gasteiger partial charge >= 0.3 is 5.97 Å². The lowest BCUT2D eigenvalue weighted by atomic mass is 9.74. The molecule has 0 radical (unpaired) electrons. The number of ketones is 1. The zero-order chi connectivity index (χ0) is 41.2. The summed E-state index contributed by atoms with van der Waals surface area (Å²) in [4.78, 5) is 42.2. The monoisotopic (exact) mass is 775 g/mol. The molecule has 0 spiro atoms. The van der Waals surface area contributed by atoms with Gasteiger partial charge in [-0.15, -0.1) is 0 Å². The van der Waals surface area contributed by atoms with Gasteiger partial charge in [0.15, 0.2) is 12.6 Å². The minimum absolute atomic E-state index is 0.0608. The Kier molecular flexibility index (Phi) is 15.7. The van der Waals surface area contributed by atoms with Crippen LogP contribution < -0.4 is 0 Å². The van der Waals surface area contributed by atoms with Crippen molar-refractivity contribution in [3.63, 3.8) is 0 Å². The van der Waals surface area contributed by atoms with Crippen molar-refractivity contribution in [1.29, 1.82) is 0 Å². The van der Waals surface area contributed by atoms with E-state index in [0.29, 0.717) is 6.42 Å². The van der Waals surface area contributed by atoms with Gasteiger partial charge in [0.05, 0.1) is 53.7 Å². The highest BCUT2D eigenvalue weighted by atomic mass is 16.7. The number of methoxy groups -OCH3 is 1. The van der Waals surface area contributed by atoms with Gasteiger partial charge in [0.1, 0.15) is 29.7 Å². The maximum atomic E-state index is 14.1. The average Bonchev–Trinajstić information content (AvgIpc) is 3.11. The first kappa shape index (κ1) is 46.6. The van der Waals surface area contributed by atoms with Crippen molar-refractivity contribution in [1.82, 2.24) is 4.90 Å². The number of carbonyl (C=O) groups excluding carboxylic acids is 3. The van der Waals surface area contributed by atoms with Crippen molar-refractivity contribution < 1.29 is 68.3 Å². The van der Waals surface area contributed by atoms with Crippen LogP contribution in [0.5, 0.6) is 0 Å². The molecule has 3 saturated heterocycles. The zero-order valence-corrected chi connectivity index (χ0v) is 34.6. The van der Waals surface area contributed by atoms with E-state index >= 15 is 0 Å². The summed E-state index contributed by atoms with van der Waals surface area (Å²) in [5.41, 5.74) is -4.98. The van der Waals surface area contributed by atoms with Crippen molar-refractivity contribution in [2.24, 2.45) is 23.7 Å². The number of hydrogen-bond donors (Lipinski definition) is 5. The minimum Gasteiger partial charge on any atom is -0.459 e. The normalized spacial score (nSPS) is 47.4. The van der Waals surface area contributed by atoms with Gasteiger partial charge in [-0.1, -0.05) is 34.6 Å². The smallest absolute Gasteiger partial charge is 0.311 e. The Morgan fingerprint density at radius 2 is 1.52 bits per heavy atom. The number of hydrogen-bond acceptors (Lipinski definition) is 14. The summed E-state index contributed by atoms with van der Waals surface area (Å²) in [6, 6.07) is -0.678. The molecule has 0 aromatic heterocycles. The van der Waals surface area contributed by atoms with Gasteiger partial charge in [0, 0.05) is 44.8 Å². The van der Waals surface area contributed by atoms with Gasteiger partial charge in [-0.25, -0.2) is 0 Å². The Morgan fingerprint density at radius 1 is 0.907 bits per heavy atom. The van der Waals surface area contributed by atoms with Crippen LogP contribution in [0.4, 0.5) is 0 Å². The van der Waals surface area contributed by atoms with Crippen LogP contribution in [0.15, 0.2) is 0 Å².